The summed E-state index contributed by atoms with van der Waals surface area (Å²) in [6.45, 7) is 3.23. The minimum absolute atomic E-state index is 0.00103. The standard InChI is InChI=1S/C16H15ClO7Se/c1-8(15(19)20)24-10-6-12(16(21)22)14(18)13(7-10)25(23)11-4-2-9(17)3-5-11/h2-6,10,13-14,18H,1,7H2,(H,19,20)(H,21,22)/t10-,13-,14-,25?/m1/s1. The van der Waals surface area contributed by atoms with E-state index in [-0.39, 0.29) is 12.0 Å². The molecule has 0 spiro atoms. The van der Waals surface area contributed by atoms with Gasteiger partial charge in [-0.3, -0.25) is 0 Å². The van der Waals surface area contributed by atoms with E-state index in [4.69, 9.17) is 21.4 Å². The van der Waals surface area contributed by atoms with Crippen molar-refractivity contribution in [1.29, 1.82) is 0 Å². The van der Waals surface area contributed by atoms with Gasteiger partial charge in [0.1, 0.15) is 0 Å². The molecule has 0 saturated carbocycles. The average molecular weight is 434 g/mol. The van der Waals surface area contributed by atoms with E-state index in [1.54, 1.807) is 24.3 Å². The quantitative estimate of drug-likeness (QED) is 0.349. The van der Waals surface area contributed by atoms with E-state index in [2.05, 4.69) is 6.58 Å². The number of aliphatic hydroxyl groups excluding tert-OH is 1. The van der Waals surface area contributed by atoms with E-state index < -0.39 is 48.6 Å². The second-order valence-electron chi connectivity index (χ2n) is 5.28. The number of halogens is 1. The van der Waals surface area contributed by atoms with Crippen molar-refractivity contribution in [2.24, 2.45) is 0 Å². The van der Waals surface area contributed by atoms with Gasteiger partial charge in [0.15, 0.2) is 0 Å². The van der Waals surface area contributed by atoms with Crippen molar-refractivity contribution >= 4 is 41.8 Å². The Morgan fingerprint density at radius 1 is 1.24 bits per heavy atom. The Labute approximate surface area is 152 Å². The van der Waals surface area contributed by atoms with Gasteiger partial charge in [0, 0.05) is 0 Å². The van der Waals surface area contributed by atoms with Crippen molar-refractivity contribution in [2.75, 3.05) is 0 Å². The van der Waals surface area contributed by atoms with Gasteiger partial charge in [-0.2, -0.15) is 0 Å². The van der Waals surface area contributed by atoms with E-state index in [1.165, 1.54) is 0 Å². The van der Waals surface area contributed by atoms with Crippen LogP contribution in [0.2, 0.25) is 9.84 Å². The predicted molar refractivity (Wildman–Crippen MR) is 89.3 cm³/mol. The van der Waals surface area contributed by atoms with E-state index in [1.807, 2.05) is 0 Å². The van der Waals surface area contributed by atoms with Crippen molar-refractivity contribution in [3.05, 3.63) is 53.3 Å². The fourth-order valence-electron chi connectivity index (χ4n) is 2.39. The first-order chi connectivity index (χ1) is 11.7. The average Bonchev–Trinajstić information content (AvgIpc) is 2.55. The van der Waals surface area contributed by atoms with Crippen molar-refractivity contribution in [2.45, 2.75) is 23.4 Å². The van der Waals surface area contributed by atoms with Crippen LogP contribution < -0.4 is 4.46 Å². The summed E-state index contributed by atoms with van der Waals surface area (Å²) in [6.07, 6.45) is -1.29. The molecule has 1 unspecified atom stereocenters. The van der Waals surface area contributed by atoms with Gasteiger partial charge in [-0.15, -0.1) is 0 Å². The normalized spacial score (nSPS) is 24.1. The molecule has 7 nitrogen and oxygen atoms in total. The van der Waals surface area contributed by atoms with Crippen LogP contribution in [0.15, 0.2) is 48.3 Å². The topological polar surface area (TPSA) is 121 Å². The molecule has 9 heteroatoms. The van der Waals surface area contributed by atoms with Gasteiger partial charge < -0.3 is 0 Å². The molecule has 0 saturated heterocycles. The van der Waals surface area contributed by atoms with Crippen LogP contribution >= 0.6 is 11.6 Å². The number of aliphatic carboxylic acids is 2. The number of ether oxygens (including phenoxy) is 1. The van der Waals surface area contributed by atoms with Crippen LogP contribution in [0, 0.1) is 0 Å². The van der Waals surface area contributed by atoms with Crippen LogP contribution in [0.3, 0.4) is 0 Å². The molecule has 0 bridgehead atoms. The fraction of sp³-hybridized carbons (Fsp3) is 0.250. The van der Waals surface area contributed by atoms with E-state index in [0.717, 1.165) is 6.08 Å². The first-order valence-electron chi connectivity index (χ1n) is 7.08. The molecule has 0 radical (unpaired) electrons. The summed E-state index contributed by atoms with van der Waals surface area (Å²) in [5, 5.41) is 28.9. The van der Waals surface area contributed by atoms with Crippen LogP contribution in [-0.2, 0) is 18.2 Å². The zero-order valence-corrected chi connectivity index (χ0v) is 15.3. The molecule has 0 aromatic heterocycles. The van der Waals surface area contributed by atoms with Gasteiger partial charge in [0.25, 0.3) is 0 Å². The van der Waals surface area contributed by atoms with Gasteiger partial charge in [-0.1, -0.05) is 0 Å². The number of rotatable bonds is 6. The Balaban J connectivity index is 2.31. The Morgan fingerprint density at radius 3 is 2.36 bits per heavy atom. The van der Waals surface area contributed by atoms with E-state index >= 15 is 0 Å². The van der Waals surface area contributed by atoms with E-state index in [9.17, 15) is 23.6 Å². The molecular weight excluding hydrogens is 419 g/mol. The van der Waals surface area contributed by atoms with Gasteiger partial charge in [0.2, 0.25) is 0 Å². The van der Waals surface area contributed by atoms with Crippen LogP contribution in [0.1, 0.15) is 6.42 Å². The van der Waals surface area contributed by atoms with Gasteiger partial charge in [-0.05, 0) is 0 Å². The second-order valence-corrected chi connectivity index (χ2v) is 9.23. The number of hydrogen-bond acceptors (Lipinski definition) is 5. The van der Waals surface area contributed by atoms with Gasteiger partial charge in [0.05, 0.1) is 0 Å². The van der Waals surface area contributed by atoms with Gasteiger partial charge >= 0.3 is 152 Å². The molecule has 0 aliphatic heterocycles. The molecule has 0 fully saturated rings. The monoisotopic (exact) mass is 434 g/mol. The number of carbonyl (C=O) groups is 2. The molecule has 0 heterocycles. The Hall–Kier alpha value is -1.99. The molecule has 4 atom stereocenters. The Kier molecular flexibility index (Phi) is 6.13. The van der Waals surface area contributed by atoms with Crippen LogP contribution in [0.4, 0.5) is 0 Å². The Morgan fingerprint density at radius 2 is 1.84 bits per heavy atom. The molecule has 3 N–H and O–H groups in total. The first-order valence-corrected chi connectivity index (χ1v) is 10.0. The number of aliphatic hydroxyl groups is 1. The third kappa shape index (κ3) is 4.55. The number of carboxylic acid groups (broad SMARTS) is 2. The maximum absolute atomic E-state index is 12.8. The van der Waals surface area contributed by atoms with Crippen LogP contribution in [0.25, 0.3) is 0 Å². The zero-order valence-electron chi connectivity index (χ0n) is 12.8. The van der Waals surface area contributed by atoms with Crippen molar-refractivity contribution in [3.8, 4) is 0 Å². The van der Waals surface area contributed by atoms with Crippen molar-refractivity contribution in [3.63, 3.8) is 0 Å². The fourth-order valence-corrected chi connectivity index (χ4v) is 5.66. The van der Waals surface area contributed by atoms with Gasteiger partial charge in [-0.25, -0.2) is 0 Å². The first kappa shape index (κ1) is 19.3. The predicted octanol–water partition coefficient (Wildman–Crippen LogP) is 1.10. The second kappa shape index (κ2) is 7.93. The SMILES string of the molecule is C=C(O[C@@H]1C=C(C(=O)O)[C@@H](O)[C@H]([Se](=O)c2ccc(Cl)cc2)C1)C(=O)O. The molecule has 1 aliphatic carbocycles. The number of hydrogen-bond donors (Lipinski definition) is 3. The summed E-state index contributed by atoms with van der Waals surface area (Å²) in [5.41, 5.74) is -0.377. The van der Waals surface area contributed by atoms with Crippen molar-refractivity contribution in [1.82, 2.24) is 0 Å². The molecule has 2 rings (SSSR count). The zero-order chi connectivity index (χ0) is 18.7. The Bertz CT molecular complexity index is 756. The molecule has 134 valence electrons. The summed E-state index contributed by atoms with van der Waals surface area (Å²) in [4.78, 5) is 21.3. The molecule has 1 aromatic rings. The molecule has 1 aliphatic rings. The third-order valence-electron chi connectivity index (χ3n) is 3.60. The number of benzene rings is 1. The minimum atomic E-state index is -2.87. The molecule has 25 heavy (non-hydrogen) atoms. The summed E-state index contributed by atoms with van der Waals surface area (Å²) < 4.78 is 18.4. The summed E-state index contributed by atoms with van der Waals surface area (Å²) in [6, 6.07) is 6.21. The van der Waals surface area contributed by atoms with Crippen LogP contribution in [0.5, 0.6) is 0 Å². The van der Waals surface area contributed by atoms with Crippen molar-refractivity contribution < 1.29 is 33.5 Å². The molecule has 1 aromatic carbocycles. The summed E-state index contributed by atoms with van der Waals surface area (Å²) in [5.74, 6) is -3.34. The summed E-state index contributed by atoms with van der Waals surface area (Å²) in [7, 11) is 0. The van der Waals surface area contributed by atoms with Crippen LogP contribution in [-0.4, -0.2) is 53.3 Å². The summed E-state index contributed by atoms with van der Waals surface area (Å²) >= 11 is 2.93. The molecule has 0 amide bonds. The van der Waals surface area contributed by atoms with E-state index in [0.29, 0.717) is 9.48 Å². The third-order valence-corrected chi connectivity index (χ3v) is 7.50. The number of carboxylic acids is 2. The maximum atomic E-state index is 12.8. The molecular formula is C16H15ClO7Se.